The van der Waals surface area contributed by atoms with Crippen molar-refractivity contribution in [2.24, 2.45) is 0 Å². The van der Waals surface area contributed by atoms with E-state index in [1.54, 1.807) is 11.3 Å². The second-order valence-corrected chi connectivity index (χ2v) is 5.61. The van der Waals surface area contributed by atoms with Gasteiger partial charge in [-0.25, -0.2) is 4.98 Å². The lowest BCUT2D eigenvalue weighted by atomic mass is 10.1. The first-order valence-corrected chi connectivity index (χ1v) is 6.72. The molecule has 0 saturated heterocycles. The van der Waals surface area contributed by atoms with Crippen molar-refractivity contribution in [3.05, 3.63) is 35.5 Å². The standard InChI is InChI=1S/C13H15NS2/c1-3-4-10-5-7-11(8-6-10)12-14-9(2)13(15)16-12/h5-8,15H,3-4H2,1-2H3. The van der Waals surface area contributed by atoms with Crippen LogP contribution >= 0.6 is 24.0 Å². The van der Waals surface area contributed by atoms with E-state index >= 15 is 0 Å². The fourth-order valence-electron chi connectivity index (χ4n) is 1.61. The molecule has 0 saturated carbocycles. The van der Waals surface area contributed by atoms with Crippen molar-refractivity contribution in [1.29, 1.82) is 0 Å². The van der Waals surface area contributed by atoms with Gasteiger partial charge in [0.1, 0.15) is 5.01 Å². The lowest BCUT2D eigenvalue weighted by Crippen LogP contribution is -1.83. The molecule has 1 nitrogen and oxygen atoms in total. The van der Waals surface area contributed by atoms with Crippen molar-refractivity contribution in [1.82, 2.24) is 4.98 Å². The maximum absolute atomic E-state index is 4.50. The lowest BCUT2D eigenvalue weighted by Gasteiger charge is -2.00. The van der Waals surface area contributed by atoms with Gasteiger partial charge in [0.2, 0.25) is 0 Å². The minimum atomic E-state index is 1.01. The highest BCUT2D eigenvalue weighted by Crippen LogP contribution is 2.30. The largest absolute Gasteiger partial charge is 0.240 e. The molecule has 0 amide bonds. The zero-order valence-corrected chi connectivity index (χ0v) is 11.2. The molecule has 2 aromatic rings. The van der Waals surface area contributed by atoms with E-state index in [9.17, 15) is 0 Å². The van der Waals surface area contributed by atoms with Crippen LogP contribution in [-0.4, -0.2) is 4.98 Å². The van der Waals surface area contributed by atoms with Crippen LogP contribution in [0.15, 0.2) is 28.5 Å². The van der Waals surface area contributed by atoms with Gasteiger partial charge in [-0.3, -0.25) is 0 Å². The van der Waals surface area contributed by atoms with Crippen molar-refractivity contribution in [2.75, 3.05) is 0 Å². The second kappa shape index (κ2) is 5.02. The first kappa shape index (κ1) is 11.7. The SMILES string of the molecule is CCCc1ccc(-c2nc(C)c(S)s2)cc1. The molecule has 0 unspecified atom stereocenters. The quantitative estimate of drug-likeness (QED) is 0.797. The summed E-state index contributed by atoms with van der Waals surface area (Å²) in [5.74, 6) is 0. The van der Waals surface area contributed by atoms with Gasteiger partial charge in [0, 0.05) is 5.56 Å². The van der Waals surface area contributed by atoms with Crippen LogP contribution in [0.25, 0.3) is 10.6 Å². The van der Waals surface area contributed by atoms with Gasteiger partial charge in [-0.05, 0) is 18.9 Å². The summed E-state index contributed by atoms with van der Waals surface area (Å²) >= 11 is 6.02. The number of rotatable bonds is 3. The van der Waals surface area contributed by atoms with Gasteiger partial charge in [0.25, 0.3) is 0 Å². The molecule has 0 spiro atoms. The Balaban J connectivity index is 2.27. The van der Waals surface area contributed by atoms with Crippen molar-refractivity contribution in [2.45, 2.75) is 30.9 Å². The fraction of sp³-hybridized carbons (Fsp3) is 0.308. The van der Waals surface area contributed by atoms with E-state index < -0.39 is 0 Å². The summed E-state index contributed by atoms with van der Waals surface area (Å²) in [6.07, 6.45) is 2.34. The first-order valence-electron chi connectivity index (χ1n) is 5.46. The zero-order chi connectivity index (χ0) is 11.5. The van der Waals surface area contributed by atoms with Crippen molar-refractivity contribution in [3.63, 3.8) is 0 Å². The number of nitrogens with zero attached hydrogens (tertiary/aromatic N) is 1. The first-order chi connectivity index (χ1) is 7.70. The van der Waals surface area contributed by atoms with Crippen LogP contribution in [0.1, 0.15) is 24.6 Å². The molecule has 1 heterocycles. The number of hydrogen-bond donors (Lipinski definition) is 1. The van der Waals surface area contributed by atoms with Gasteiger partial charge in [-0.15, -0.1) is 24.0 Å². The Morgan fingerprint density at radius 3 is 2.44 bits per heavy atom. The highest BCUT2D eigenvalue weighted by molar-refractivity contribution is 7.83. The minimum Gasteiger partial charge on any atom is -0.240 e. The van der Waals surface area contributed by atoms with Crippen LogP contribution in [0, 0.1) is 6.92 Å². The van der Waals surface area contributed by atoms with Gasteiger partial charge in [-0.2, -0.15) is 0 Å². The van der Waals surface area contributed by atoms with Crippen LogP contribution in [0.3, 0.4) is 0 Å². The van der Waals surface area contributed by atoms with E-state index in [0.29, 0.717) is 0 Å². The topological polar surface area (TPSA) is 12.9 Å². The van der Waals surface area contributed by atoms with Crippen molar-refractivity contribution in [3.8, 4) is 10.6 Å². The van der Waals surface area contributed by atoms with E-state index in [2.05, 4.69) is 48.8 Å². The third kappa shape index (κ3) is 2.47. The van der Waals surface area contributed by atoms with E-state index in [1.807, 2.05) is 6.92 Å². The zero-order valence-electron chi connectivity index (χ0n) is 9.53. The number of benzene rings is 1. The van der Waals surface area contributed by atoms with E-state index in [1.165, 1.54) is 17.5 Å². The molecule has 1 aromatic carbocycles. The van der Waals surface area contributed by atoms with E-state index in [0.717, 1.165) is 21.3 Å². The summed E-state index contributed by atoms with van der Waals surface area (Å²) in [6, 6.07) is 8.68. The Kier molecular flexibility index (Phi) is 3.66. The van der Waals surface area contributed by atoms with Crippen LogP contribution in [-0.2, 0) is 6.42 Å². The molecule has 16 heavy (non-hydrogen) atoms. The summed E-state index contributed by atoms with van der Waals surface area (Å²) in [5.41, 5.74) is 3.60. The summed E-state index contributed by atoms with van der Waals surface area (Å²) in [5, 5.41) is 1.06. The van der Waals surface area contributed by atoms with E-state index in [-0.39, 0.29) is 0 Å². The Labute approximate surface area is 106 Å². The third-order valence-electron chi connectivity index (χ3n) is 2.51. The number of thiol groups is 1. The Hall–Kier alpha value is -0.800. The maximum Gasteiger partial charge on any atom is 0.124 e. The molecule has 0 N–H and O–H groups in total. The summed E-state index contributed by atoms with van der Waals surface area (Å²) in [4.78, 5) is 4.50. The molecule has 0 bridgehead atoms. The average Bonchev–Trinajstić information content (AvgIpc) is 2.61. The highest BCUT2D eigenvalue weighted by Gasteiger charge is 2.06. The molecule has 0 aliphatic heterocycles. The van der Waals surface area contributed by atoms with E-state index in [4.69, 9.17) is 0 Å². The molecule has 3 heteroatoms. The number of hydrogen-bond acceptors (Lipinski definition) is 3. The maximum atomic E-state index is 4.50. The van der Waals surface area contributed by atoms with Crippen LogP contribution in [0.4, 0.5) is 0 Å². The molecule has 0 fully saturated rings. The molecule has 0 aliphatic rings. The summed E-state index contributed by atoms with van der Waals surface area (Å²) in [6.45, 7) is 4.19. The predicted octanol–water partition coefficient (Wildman–Crippen LogP) is 4.36. The lowest BCUT2D eigenvalue weighted by molar-refractivity contribution is 0.922. The summed E-state index contributed by atoms with van der Waals surface area (Å²) in [7, 11) is 0. The molecule has 0 aliphatic carbocycles. The van der Waals surface area contributed by atoms with Crippen molar-refractivity contribution < 1.29 is 0 Å². The van der Waals surface area contributed by atoms with Gasteiger partial charge in [-0.1, -0.05) is 37.6 Å². The van der Waals surface area contributed by atoms with Gasteiger partial charge >= 0.3 is 0 Å². The molecule has 0 radical (unpaired) electrons. The minimum absolute atomic E-state index is 1.01. The Morgan fingerprint density at radius 2 is 1.94 bits per heavy atom. The third-order valence-corrected chi connectivity index (χ3v) is 4.12. The van der Waals surface area contributed by atoms with Crippen LogP contribution in [0.2, 0.25) is 0 Å². The normalized spacial score (nSPS) is 10.7. The number of aromatic nitrogens is 1. The monoisotopic (exact) mass is 249 g/mol. The molecule has 0 atom stereocenters. The molecular weight excluding hydrogens is 234 g/mol. The number of thiazole rings is 1. The smallest absolute Gasteiger partial charge is 0.124 e. The predicted molar refractivity (Wildman–Crippen MR) is 73.5 cm³/mol. The second-order valence-electron chi connectivity index (χ2n) is 3.86. The van der Waals surface area contributed by atoms with Gasteiger partial charge in [0.15, 0.2) is 0 Å². The molecular formula is C13H15NS2. The Morgan fingerprint density at radius 1 is 1.25 bits per heavy atom. The fourth-order valence-corrected chi connectivity index (χ4v) is 2.74. The number of aryl methyl sites for hydroxylation is 2. The highest BCUT2D eigenvalue weighted by atomic mass is 32.2. The summed E-state index contributed by atoms with van der Waals surface area (Å²) < 4.78 is 1.01. The molecule has 1 aromatic heterocycles. The van der Waals surface area contributed by atoms with Crippen LogP contribution < -0.4 is 0 Å². The van der Waals surface area contributed by atoms with Crippen molar-refractivity contribution >= 4 is 24.0 Å². The van der Waals surface area contributed by atoms with Gasteiger partial charge in [0.05, 0.1) is 9.90 Å². The Bertz CT molecular complexity index is 452. The average molecular weight is 249 g/mol. The van der Waals surface area contributed by atoms with Crippen LogP contribution in [0.5, 0.6) is 0 Å². The molecule has 2 rings (SSSR count). The van der Waals surface area contributed by atoms with Gasteiger partial charge < -0.3 is 0 Å². The molecule has 84 valence electrons.